The number of aliphatic carboxylic acids is 1. The molecule has 0 saturated carbocycles. The zero-order valence-electron chi connectivity index (χ0n) is 38.7. The average Bonchev–Trinajstić information content (AvgIpc) is 3.86. The minimum absolute atomic E-state index is 0.0558. The Balaban J connectivity index is 1.65. The number of aromatic amines is 1. The summed E-state index contributed by atoms with van der Waals surface area (Å²) >= 11 is 1.02. The summed E-state index contributed by atoms with van der Waals surface area (Å²) in [5.41, 5.74) is 13.1. The number of aliphatic hydroxyl groups excluding tert-OH is 1. The Morgan fingerprint density at radius 3 is 2.20 bits per heavy atom. The molecule has 3 heterocycles. The van der Waals surface area contributed by atoms with Crippen LogP contribution in [0.2, 0.25) is 0 Å². The largest absolute Gasteiger partial charge is 0.480 e. The number of thioether (sulfide) groups is 1. The van der Waals surface area contributed by atoms with Crippen molar-refractivity contribution in [3.8, 4) is 0 Å². The number of benzene rings is 1. The van der Waals surface area contributed by atoms with Crippen LogP contribution < -0.4 is 43.4 Å². The number of β-amino-alcohol motifs (C(OH)–C–C–N with tert-alkyl or cyclic N) is 1. The molecular weight excluding hydrogens is 929 g/mol. The van der Waals surface area contributed by atoms with Crippen molar-refractivity contribution in [2.45, 2.75) is 114 Å². The highest BCUT2D eigenvalue weighted by atomic mass is 32.2. The third-order valence-corrected chi connectivity index (χ3v) is 12.7. The van der Waals surface area contributed by atoms with Crippen molar-refractivity contribution in [1.82, 2.24) is 41.8 Å². The molecule has 1 aromatic carbocycles. The summed E-state index contributed by atoms with van der Waals surface area (Å²) in [7, 11) is 0. The summed E-state index contributed by atoms with van der Waals surface area (Å²) in [6, 6.07) is -2.02. The van der Waals surface area contributed by atoms with E-state index in [1.54, 1.807) is 38.1 Å². The molecule has 4 rings (SSSR count). The van der Waals surface area contributed by atoms with Gasteiger partial charge in [0.05, 0.1) is 36.7 Å². The molecule has 1 saturated heterocycles. The van der Waals surface area contributed by atoms with Crippen molar-refractivity contribution in [2.75, 3.05) is 32.0 Å². The number of primary amides is 1. The molecule has 1 aromatic heterocycles. The number of carbonyl (C=O) groups is 11. The standard InChI is InChI=1S/C43H60N10O15S/c1-6-19(2)35-40(63)47-14-33(58)48-29(18-69-41-25(24-9-7-8-10-27(24)50-41)12-26(44)37(60)46-15-34(59)51-35)38(61)49-28(13-32(45)57)42(64)53-16-23(56)11-30(53)39(62)52-36(43(65)66)20(3)31(68-22(5)55)17-67-21(4)54/h7-10,19-20,23,26,28-31,35-36,50,56H,6,11-18,44H2,1-5H3,(H2,45,57)(H,46,60)(H,47,63)(H,48,58)(H,49,61)(H,51,59)(H,52,62)(H,65,66)/t19-,20-,23+,26+,28?,29?,30-,31-,35-,36-/m0/s1. The third-order valence-electron chi connectivity index (χ3n) is 11.6. The number of carboxylic acid groups (broad SMARTS) is 1. The molecule has 1 fully saturated rings. The number of carbonyl (C=O) groups excluding carboxylic acids is 10. The molecule has 8 amide bonds. The fourth-order valence-corrected chi connectivity index (χ4v) is 8.80. The first-order valence-electron chi connectivity index (χ1n) is 22.0. The second-order valence-electron chi connectivity index (χ2n) is 16.8. The summed E-state index contributed by atoms with van der Waals surface area (Å²) in [6.45, 7) is 4.63. The maximum atomic E-state index is 14.3. The molecule has 2 aromatic rings. The normalized spacial score (nSPS) is 22.8. The molecular formula is C43H60N10O15S. The van der Waals surface area contributed by atoms with Crippen molar-refractivity contribution in [3.05, 3.63) is 29.8 Å². The Hall–Kier alpha value is -6.80. The van der Waals surface area contributed by atoms with Crippen LogP contribution in [0, 0.1) is 11.8 Å². The van der Waals surface area contributed by atoms with Gasteiger partial charge in [-0.25, -0.2) is 4.79 Å². The minimum Gasteiger partial charge on any atom is -0.480 e. The number of nitrogens with two attached hydrogens (primary N) is 2. The van der Waals surface area contributed by atoms with Gasteiger partial charge in [0.15, 0.2) is 0 Å². The van der Waals surface area contributed by atoms with Gasteiger partial charge in [-0.05, 0) is 24.0 Å². The predicted molar refractivity (Wildman–Crippen MR) is 243 cm³/mol. The molecule has 378 valence electrons. The lowest BCUT2D eigenvalue weighted by atomic mass is 9.95. The van der Waals surface area contributed by atoms with Gasteiger partial charge < -0.3 is 72.9 Å². The van der Waals surface area contributed by atoms with E-state index in [1.165, 1.54) is 6.92 Å². The van der Waals surface area contributed by atoms with E-state index in [4.69, 9.17) is 20.9 Å². The van der Waals surface area contributed by atoms with Crippen LogP contribution in [0.1, 0.15) is 59.4 Å². The van der Waals surface area contributed by atoms with Crippen LogP contribution in [0.3, 0.4) is 0 Å². The van der Waals surface area contributed by atoms with Crippen LogP contribution in [0.4, 0.5) is 0 Å². The maximum absolute atomic E-state index is 14.3. The molecule has 0 radical (unpaired) electrons. The molecule has 2 aliphatic rings. The number of fused-ring (bicyclic) bond motifs is 3. The number of rotatable bonds is 15. The van der Waals surface area contributed by atoms with Crippen LogP contribution >= 0.6 is 11.8 Å². The number of amides is 8. The Morgan fingerprint density at radius 1 is 0.928 bits per heavy atom. The first kappa shape index (κ1) is 54.8. The van der Waals surface area contributed by atoms with Crippen molar-refractivity contribution in [3.63, 3.8) is 0 Å². The lowest BCUT2D eigenvalue weighted by molar-refractivity contribution is -0.162. The molecule has 2 aliphatic heterocycles. The molecule has 0 bridgehead atoms. The van der Waals surface area contributed by atoms with Crippen LogP contribution in [-0.4, -0.2) is 166 Å². The highest BCUT2D eigenvalue weighted by Crippen LogP contribution is 2.31. The van der Waals surface area contributed by atoms with Crippen molar-refractivity contribution >= 4 is 87.8 Å². The first-order chi connectivity index (χ1) is 32.5. The Labute approximate surface area is 400 Å². The van der Waals surface area contributed by atoms with E-state index >= 15 is 0 Å². The number of aliphatic hydroxyl groups is 1. The summed E-state index contributed by atoms with van der Waals surface area (Å²) in [5.74, 6) is -12.4. The number of hydrogen-bond donors (Lipinski definition) is 11. The molecule has 10 atom stereocenters. The van der Waals surface area contributed by atoms with E-state index in [1.807, 2.05) is 0 Å². The van der Waals surface area contributed by atoms with Crippen molar-refractivity contribution in [2.24, 2.45) is 23.3 Å². The zero-order valence-corrected chi connectivity index (χ0v) is 39.5. The number of esters is 2. The summed E-state index contributed by atoms with van der Waals surface area (Å²) in [5, 5.41) is 36.7. The number of para-hydroxylation sites is 1. The third kappa shape index (κ3) is 15.4. The molecule has 69 heavy (non-hydrogen) atoms. The quantitative estimate of drug-likeness (QED) is 0.0769. The van der Waals surface area contributed by atoms with Crippen LogP contribution in [-0.2, 0) is 68.6 Å². The smallest absolute Gasteiger partial charge is 0.326 e. The van der Waals surface area contributed by atoms with E-state index in [0.29, 0.717) is 27.9 Å². The summed E-state index contributed by atoms with van der Waals surface area (Å²) in [4.78, 5) is 148. The molecule has 0 aliphatic carbocycles. The van der Waals surface area contributed by atoms with Gasteiger partial charge in [0.25, 0.3) is 0 Å². The van der Waals surface area contributed by atoms with Gasteiger partial charge in [0.1, 0.15) is 42.9 Å². The van der Waals surface area contributed by atoms with Crippen LogP contribution in [0.25, 0.3) is 10.9 Å². The molecule has 25 nitrogen and oxygen atoms in total. The maximum Gasteiger partial charge on any atom is 0.326 e. The second-order valence-corrected chi connectivity index (χ2v) is 17.9. The molecule has 26 heteroatoms. The van der Waals surface area contributed by atoms with Gasteiger partial charge in [-0.1, -0.05) is 45.4 Å². The van der Waals surface area contributed by atoms with Gasteiger partial charge >= 0.3 is 17.9 Å². The number of nitrogens with one attached hydrogen (secondary N) is 7. The Kier molecular flexibility index (Phi) is 19.9. The highest BCUT2D eigenvalue weighted by Gasteiger charge is 2.45. The first-order valence-corrected chi connectivity index (χ1v) is 23.0. The van der Waals surface area contributed by atoms with Gasteiger partial charge in [-0.2, -0.15) is 0 Å². The van der Waals surface area contributed by atoms with Crippen LogP contribution in [0.15, 0.2) is 29.3 Å². The van der Waals surface area contributed by atoms with Gasteiger partial charge in [0.2, 0.25) is 47.3 Å². The van der Waals surface area contributed by atoms with Gasteiger partial charge in [-0.3, -0.25) is 47.9 Å². The van der Waals surface area contributed by atoms with Gasteiger partial charge in [-0.15, -0.1) is 11.8 Å². The number of likely N-dealkylation sites (tertiary alicyclic amines) is 1. The number of nitrogens with zero attached hydrogens (tertiary/aromatic N) is 1. The number of H-pyrrole nitrogens is 1. The topological polar surface area (TPSA) is 390 Å². The predicted octanol–water partition coefficient (Wildman–Crippen LogP) is -3.59. The summed E-state index contributed by atoms with van der Waals surface area (Å²) in [6.07, 6.45) is -3.58. The van der Waals surface area contributed by atoms with E-state index < -0.39 is 165 Å². The zero-order chi connectivity index (χ0) is 51.3. The van der Waals surface area contributed by atoms with E-state index in [9.17, 15) is 63.0 Å². The number of aromatic nitrogens is 1. The SMILES string of the molecule is CC[C@H](C)[C@@H]1NC(=O)CNC(=O)[C@H](N)Cc2c([nH]c3ccccc23)SCC(C(=O)NC(CC(N)=O)C(=O)N2C[C@H](O)C[C@H]2C(=O)N[C@H](C(=O)O)[C@@H](C)[C@H](COC(C)=O)OC(C)=O)NC(=O)CNC1=O. The number of carboxylic acids is 1. The molecule has 13 N–H and O–H groups in total. The fraction of sp³-hybridized carbons (Fsp3) is 0.558. The fourth-order valence-electron chi connectivity index (χ4n) is 7.68. The van der Waals surface area contributed by atoms with E-state index in [2.05, 4.69) is 36.9 Å². The molecule has 2 unspecified atom stereocenters. The van der Waals surface area contributed by atoms with Gasteiger partial charge in [0, 0.05) is 49.4 Å². The minimum atomic E-state index is -1.82. The summed E-state index contributed by atoms with van der Waals surface area (Å²) < 4.78 is 10.1. The highest BCUT2D eigenvalue weighted by molar-refractivity contribution is 7.99. The molecule has 0 spiro atoms. The van der Waals surface area contributed by atoms with E-state index in [-0.39, 0.29) is 12.2 Å². The van der Waals surface area contributed by atoms with Crippen molar-refractivity contribution < 1.29 is 72.4 Å². The van der Waals surface area contributed by atoms with Crippen molar-refractivity contribution in [1.29, 1.82) is 0 Å². The number of ether oxygens (including phenoxy) is 2. The van der Waals surface area contributed by atoms with Crippen LogP contribution in [0.5, 0.6) is 0 Å². The lowest BCUT2D eigenvalue weighted by Gasteiger charge is -2.32. The number of hydrogen-bond acceptors (Lipinski definition) is 16. The Morgan fingerprint density at radius 2 is 1.58 bits per heavy atom. The Bertz CT molecular complexity index is 2290. The monoisotopic (exact) mass is 988 g/mol. The average molecular weight is 989 g/mol. The lowest BCUT2D eigenvalue weighted by Crippen LogP contribution is -2.60. The second kappa shape index (κ2) is 25.0. The van der Waals surface area contributed by atoms with E-state index in [0.717, 1.165) is 30.5 Å².